The summed E-state index contributed by atoms with van der Waals surface area (Å²) in [6.45, 7) is 0. The van der Waals surface area contributed by atoms with Crippen molar-refractivity contribution in [2.45, 2.75) is 0 Å². The number of rotatable bonds is 7. The molecule has 0 amide bonds. The number of hydrogen-bond donors (Lipinski definition) is 0. The molecule has 0 radical (unpaired) electrons. The summed E-state index contributed by atoms with van der Waals surface area (Å²) in [6.07, 6.45) is 0. The summed E-state index contributed by atoms with van der Waals surface area (Å²) in [4.78, 5) is 2.44. The van der Waals surface area contributed by atoms with Crippen molar-refractivity contribution >= 4 is 59.3 Å². The van der Waals surface area contributed by atoms with Crippen molar-refractivity contribution in [3.05, 3.63) is 212 Å². The zero-order valence-electron chi connectivity index (χ0n) is 29.6. The summed E-state index contributed by atoms with van der Waals surface area (Å²) in [5.41, 5.74) is 13.0. The second-order valence-electron chi connectivity index (χ2n) is 13.7. The molecule has 0 bridgehead atoms. The minimum absolute atomic E-state index is 1.10. The molecular weight excluding hydrogens is 671 g/mol. The molecule has 54 heavy (non-hydrogen) atoms. The molecule has 1 nitrogen and oxygen atoms in total. The lowest BCUT2D eigenvalue weighted by molar-refractivity contribution is 1.28. The van der Waals surface area contributed by atoms with Crippen LogP contribution in [-0.4, -0.2) is 0 Å². The van der Waals surface area contributed by atoms with Gasteiger partial charge in [0.1, 0.15) is 0 Å². The third-order valence-electron chi connectivity index (χ3n) is 10.5. The van der Waals surface area contributed by atoms with E-state index in [-0.39, 0.29) is 0 Å². The first kappa shape index (κ1) is 32.0. The van der Waals surface area contributed by atoms with Gasteiger partial charge in [-0.2, -0.15) is 0 Å². The van der Waals surface area contributed by atoms with Crippen LogP contribution in [0.4, 0.5) is 17.1 Å². The quantitative estimate of drug-likeness (QED) is 0.160. The van der Waals surface area contributed by atoms with Crippen molar-refractivity contribution in [1.82, 2.24) is 0 Å². The van der Waals surface area contributed by atoms with E-state index in [1.54, 1.807) is 0 Å². The highest BCUT2D eigenvalue weighted by atomic mass is 32.1. The van der Waals surface area contributed by atoms with Crippen LogP contribution >= 0.6 is 11.3 Å². The molecule has 10 aromatic rings. The summed E-state index contributed by atoms with van der Waals surface area (Å²) in [6, 6.07) is 77.1. The summed E-state index contributed by atoms with van der Waals surface area (Å²) in [5.74, 6) is 0. The minimum Gasteiger partial charge on any atom is -0.309 e. The molecule has 0 aliphatic heterocycles. The second kappa shape index (κ2) is 13.7. The number of hydrogen-bond acceptors (Lipinski definition) is 2. The second-order valence-corrected chi connectivity index (χ2v) is 14.8. The Labute approximate surface area is 319 Å². The molecule has 0 aliphatic carbocycles. The Hall–Kier alpha value is -6.74. The van der Waals surface area contributed by atoms with Gasteiger partial charge in [0, 0.05) is 37.0 Å². The highest BCUT2D eigenvalue weighted by Gasteiger charge is 2.21. The number of benzene rings is 9. The van der Waals surface area contributed by atoms with Gasteiger partial charge in [-0.25, -0.2) is 0 Å². The van der Waals surface area contributed by atoms with E-state index in [4.69, 9.17) is 0 Å². The van der Waals surface area contributed by atoms with Crippen molar-refractivity contribution in [2.24, 2.45) is 0 Å². The molecule has 0 aliphatic rings. The van der Waals surface area contributed by atoms with E-state index >= 15 is 0 Å². The molecule has 9 aromatic carbocycles. The molecule has 0 unspecified atom stereocenters. The van der Waals surface area contributed by atoms with Gasteiger partial charge >= 0.3 is 0 Å². The molecule has 0 saturated heterocycles. The number of anilines is 3. The van der Waals surface area contributed by atoms with Crippen molar-refractivity contribution in [3.63, 3.8) is 0 Å². The molecule has 0 spiro atoms. The fourth-order valence-corrected chi connectivity index (χ4v) is 9.12. The van der Waals surface area contributed by atoms with Crippen LogP contribution in [0, 0.1) is 0 Å². The molecule has 0 fully saturated rings. The van der Waals surface area contributed by atoms with Gasteiger partial charge in [0.25, 0.3) is 0 Å². The maximum absolute atomic E-state index is 2.44. The number of thiophene rings is 1. The first-order valence-corrected chi connectivity index (χ1v) is 19.2. The van der Waals surface area contributed by atoms with Crippen LogP contribution in [0.3, 0.4) is 0 Å². The van der Waals surface area contributed by atoms with Gasteiger partial charge in [-0.15, -0.1) is 11.3 Å². The van der Waals surface area contributed by atoms with E-state index in [1.807, 2.05) is 11.3 Å². The Morgan fingerprint density at radius 2 is 0.815 bits per heavy atom. The van der Waals surface area contributed by atoms with Gasteiger partial charge in [0.2, 0.25) is 0 Å². The van der Waals surface area contributed by atoms with Crippen molar-refractivity contribution in [1.29, 1.82) is 0 Å². The number of fused-ring (bicyclic) bond motifs is 4. The topological polar surface area (TPSA) is 3.24 Å². The maximum atomic E-state index is 2.44. The highest BCUT2D eigenvalue weighted by Crippen LogP contribution is 2.46. The molecule has 254 valence electrons. The summed E-state index contributed by atoms with van der Waals surface area (Å²) < 4.78 is 2.64. The number of para-hydroxylation sites is 2. The van der Waals surface area contributed by atoms with Crippen LogP contribution in [0.5, 0.6) is 0 Å². The molecular formula is C52H35NS. The summed E-state index contributed by atoms with van der Waals surface area (Å²) in [5, 5.41) is 5.15. The molecule has 1 aromatic heterocycles. The smallest absolute Gasteiger partial charge is 0.0540 e. The van der Waals surface area contributed by atoms with Crippen molar-refractivity contribution < 1.29 is 0 Å². The normalized spacial score (nSPS) is 11.3. The largest absolute Gasteiger partial charge is 0.309 e. The van der Waals surface area contributed by atoms with Gasteiger partial charge in [-0.05, 0) is 86.6 Å². The van der Waals surface area contributed by atoms with Crippen LogP contribution < -0.4 is 4.90 Å². The monoisotopic (exact) mass is 705 g/mol. The molecule has 0 N–H and O–H groups in total. The van der Waals surface area contributed by atoms with Gasteiger partial charge in [0.05, 0.1) is 11.4 Å². The van der Waals surface area contributed by atoms with Gasteiger partial charge in [-0.1, -0.05) is 170 Å². The Balaban J connectivity index is 1.15. The molecule has 0 atom stereocenters. The van der Waals surface area contributed by atoms with E-state index in [2.05, 4.69) is 217 Å². The van der Waals surface area contributed by atoms with Gasteiger partial charge < -0.3 is 4.90 Å². The van der Waals surface area contributed by atoms with Crippen molar-refractivity contribution in [3.8, 4) is 44.5 Å². The van der Waals surface area contributed by atoms with E-state index in [9.17, 15) is 0 Å². The fraction of sp³-hybridized carbons (Fsp3) is 0. The lowest BCUT2D eigenvalue weighted by Gasteiger charge is -2.30. The van der Waals surface area contributed by atoms with E-state index < -0.39 is 0 Å². The molecule has 1 heterocycles. The Kier molecular flexibility index (Phi) is 8.09. The third kappa shape index (κ3) is 5.65. The van der Waals surface area contributed by atoms with Gasteiger partial charge in [-0.3, -0.25) is 0 Å². The lowest BCUT2D eigenvalue weighted by Crippen LogP contribution is -2.12. The SMILES string of the molecule is c1ccc(-c2ccccc2N(c2ccc(-c3cccc4sc5ccccc5c34)cc2)c2ccccc2-c2cccc(-c3cccc4ccccc34)c2)cc1. The molecule has 2 heteroatoms. The van der Waals surface area contributed by atoms with Crippen LogP contribution in [0.25, 0.3) is 75.5 Å². The third-order valence-corrected chi connectivity index (χ3v) is 11.6. The Morgan fingerprint density at radius 3 is 1.61 bits per heavy atom. The minimum atomic E-state index is 1.10. The molecule has 10 rings (SSSR count). The first-order valence-electron chi connectivity index (χ1n) is 18.4. The predicted molar refractivity (Wildman–Crippen MR) is 233 cm³/mol. The standard InChI is InChI=1S/C52H35NS/c1-2-15-37(16-3-1)44-22-6-9-27-48(44)53(41-33-31-38(32-34-41)46-26-14-30-51-52(46)47-24-8-11-29-50(47)54-51)49-28-10-7-23-45(49)40-20-12-19-39(35-40)43-25-13-18-36-17-4-5-21-42(36)43/h1-35H. The van der Waals surface area contributed by atoms with E-state index in [0.29, 0.717) is 0 Å². The Morgan fingerprint density at radius 1 is 0.315 bits per heavy atom. The first-order chi connectivity index (χ1) is 26.8. The maximum Gasteiger partial charge on any atom is 0.0540 e. The van der Waals surface area contributed by atoms with Crippen LogP contribution in [-0.2, 0) is 0 Å². The van der Waals surface area contributed by atoms with Crippen LogP contribution in [0.1, 0.15) is 0 Å². The predicted octanol–water partition coefficient (Wildman–Crippen LogP) is 15.3. The fourth-order valence-electron chi connectivity index (χ4n) is 7.99. The average Bonchev–Trinajstić information content (AvgIpc) is 3.64. The lowest BCUT2D eigenvalue weighted by atomic mass is 9.94. The highest BCUT2D eigenvalue weighted by molar-refractivity contribution is 7.25. The number of nitrogens with zero attached hydrogens (tertiary/aromatic N) is 1. The van der Waals surface area contributed by atoms with Crippen LogP contribution in [0.15, 0.2) is 212 Å². The van der Waals surface area contributed by atoms with Gasteiger partial charge in [0.15, 0.2) is 0 Å². The van der Waals surface area contributed by atoms with Crippen molar-refractivity contribution in [2.75, 3.05) is 4.90 Å². The van der Waals surface area contributed by atoms with E-state index in [1.165, 1.54) is 75.5 Å². The summed E-state index contributed by atoms with van der Waals surface area (Å²) >= 11 is 1.86. The zero-order chi connectivity index (χ0) is 35.8. The average molecular weight is 706 g/mol. The summed E-state index contributed by atoms with van der Waals surface area (Å²) in [7, 11) is 0. The van der Waals surface area contributed by atoms with Crippen LogP contribution in [0.2, 0.25) is 0 Å². The van der Waals surface area contributed by atoms with E-state index in [0.717, 1.165) is 17.1 Å². The molecule has 0 saturated carbocycles. The Bertz CT molecular complexity index is 2930. The zero-order valence-corrected chi connectivity index (χ0v) is 30.4.